The van der Waals surface area contributed by atoms with Crippen LogP contribution in [-0.2, 0) is 0 Å². The molecule has 0 radical (unpaired) electrons. The summed E-state index contributed by atoms with van der Waals surface area (Å²) in [6, 6.07) is 3.85. The van der Waals surface area contributed by atoms with E-state index in [0.717, 1.165) is 33.5 Å². The average molecular weight is 210 g/mol. The van der Waals surface area contributed by atoms with Crippen molar-refractivity contribution in [2.75, 3.05) is 0 Å². The minimum atomic E-state index is 0.828. The van der Waals surface area contributed by atoms with Gasteiger partial charge in [-0.25, -0.2) is 9.97 Å². The van der Waals surface area contributed by atoms with Crippen molar-refractivity contribution in [2.45, 2.75) is 13.8 Å². The number of nitrogens with zero attached hydrogens (tertiary/aromatic N) is 4. The summed E-state index contributed by atoms with van der Waals surface area (Å²) < 4.78 is 0. The predicted octanol–water partition coefficient (Wildman–Crippen LogP) is 2.19. The van der Waals surface area contributed by atoms with E-state index in [9.17, 15) is 0 Å². The van der Waals surface area contributed by atoms with Gasteiger partial charge in [-0.05, 0) is 26.0 Å². The quantitative estimate of drug-likeness (QED) is 0.534. The van der Waals surface area contributed by atoms with E-state index in [0.29, 0.717) is 0 Å². The van der Waals surface area contributed by atoms with Crippen molar-refractivity contribution in [3.8, 4) is 0 Å². The molecule has 0 amide bonds. The molecule has 0 unspecified atom stereocenters. The summed E-state index contributed by atoms with van der Waals surface area (Å²) in [5.41, 5.74) is 5.16. The first kappa shape index (κ1) is 9.15. The fraction of sp³-hybridized carbons (Fsp3) is 0.167. The highest BCUT2D eigenvalue weighted by molar-refractivity contribution is 5.99. The zero-order valence-electron chi connectivity index (χ0n) is 9.10. The van der Waals surface area contributed by atoms with Crippen LogP contribution in [0.4, 0.5) is 0 Å². The molecule has 78 valence electrons. The van der Waals surface area contributed by atoms with E-state index in [2.05, 4.69) is 19.9 Å². The smallest absolute Gasteiger partial charge is 0.117 e. The van der Waals surface area contributed by atoms with E-state index in [1.165, 1.54) is 0 Å². The zero-order valence-corrected chi connectivity index (χ0v) is 9.10. The summed E-state index contributed by atoms with van der Waals surface area (Å²) in [5, 5.41) is 0. The average Bonchev–Trinajstić information content (AvgIpc) is 2.29. The molecule has 0 atom stereocenters. The van der Waals surface area contributed by atoms with Crippen molar-refractivity contribution in [3.63, 3.8) is 0 Å². The highest BCUT2D eigenvalue weighted by Gasteiger charge is 2.05. The Hall–Kier alpha value is -2.10. The number of aryl methyl sites for hydroxylation is 2. The van der Waals surface area contributed by atoms with Crippen molar-refractivity contribution in [2.24, 2.45) is 0 Å². The fourth-order valence-corrected chi connectivity index (χ4v) is 1.72. The molecule has 0 aliphatic heterocycles. The minimum Gasteiger partial charge on any atom is -0.253 e. The van der Waals surface area contributed by atoms with Crippen LogP contribution in [0, 0.1) is 13.8 Å². The van der Waals surface area contributed by atoms with Gasteiger partial charge in [-0.3, -0.25) is 9.97 Å². The lowest BCUT2D eigenvalue weighted by Crippen LogP contribution is -1.93. The molecule has 3 aromatic rings. The molecule has 0 spiro atoms. The number of hydrogen-bond acceptors (Lipinski definition) is 4. The van der Waals surface area contributed by atoms with Gasteiger partial charge in [-0.1, -0.05) is 0 Å². The topological polar surface area (TPSA) is 51.6 Å². The molecular formula is C12H10N4. The maximum Gasteiger partial charge on any atom is 0.117 e. The third kappa shape index (κ3) is 1.31. The van der Waals surface area contributed by atoms with E-state index in [4.69, 9.17) is 0 Å². The second kappa shape index (κ2) is 3.20. The Morgan fingerprint density at radius 2 is 1.19 bits per heavy atom. The number of aromatic nitrogens is 4. The summed E-state index contributed by atoms with van der Waals surface area (Å²) in [6.45, 7) is 3.85. The molecular weight excluding hydrogens is 200 g/mol. The molecule has 16 heavy (non-hydrogen) atoms. The Balaban J connectivity index is 2.55. The van der Waals surface area contributed by atoms with Gasteiger partial charge < -0.3 is 0 Å². The van der Waals surface area contributed by atoms with E-state index in [1.54, 1.807) is 12.4 Å². The first-order valence-electron chi connectivity index (χ1n) is 5.10. The summed E-state index contributed by atoms with van der Waals surface area (Å²) in [4.78, 5) is 17.6. The fourth-order valence-electron chi connectivity index (χ4n) is 1.72. The molecule has 0 N–H and O–H groups in total. The van der Waals surface area contributed by atoms with Gasteiger partial charge in [0.15, 0.2) is 0 Å². The molecule has 4 heteroatoms. The monoisotopic (exact) mass is 210 g/mol. The Bertz CT molecular complexity index is 630. The van der Waals surface area contributed by atoms with Crippen molar-refractivity contribution >= 4 is 22.1 Å². The van der Waals surface area contributed by atoms with Gasteiger partial charge in [0.25, 0.3) is 0 Å². The lowest BCUT2D eigenvalue weighted by atomic mass is 10.2. The Morgan fingerprint density at radius 3 is 1.62 bits per heavy atom. The molecule has 1 aromatic carbocycles. The highest BCUT2D eigenvalue weighted by atomic mass is 14.9. The summed E-state index contributed by atoms with van der Waals surface area (Å²) in [7, 11) is 0. The van der Waals surface area contributed by atoms with Gasteiger partial charge in [-0.2, -0.15) is 0 Å². The summed E-state index contributed by atoms with van der Waals surface area (Å²) >= 11 is 0. The normalized spacial score (nSPS) is 11.1. The van der Waals surface area contributed by atoms with Gasteiger partial charge in [0.2, 0.25) is 0 Å². The number of benzene rings is 1. The van der Waals surface area contributed by atoms with Crippen LogP contribution in [0.5, 0.6) is 0 Å². The van der Waals surface area contributed by atoms with E-state index in [-0.39, 0.29) is 0 Å². The molecule has 0 bridgehead atoms. The van der Waals surface area contributed by atoms with Crippen LogP contribution >= 0.6 is 0 Å². The number of hydrogen-bond donors (Lipinski definition) is 0. The van der Waals surface area contributed by atoms with Crippen LogP contribution in [0.2, 0.25) is 0 Å². The van der Waals surface area contributed by atoms with Gasteiger partial charge in [0.1, 0.15) is 11.0 Å². The third-order valence-electron chi connectivity index (χ3n) is 2.47. The molecule has 2 heterocycles. The SMILES string of the molecule is Cc1cnc2ccc3ncc(C)nc3c2n1. The highest BCUT2D eigenvalue weighted by Crippen LogP contribution is 2.19. The van der Waals surface area contributed by atoms with Crippen LogP contribution in [0.3, 0.4) is 0 Å². The molecule has 4 nitrogen and oxygen atoms in total. The predicted molar refractivity (Wildman–Crippen MR) is 62.1 cm³/mol. The number of fused-ring (bicyclic) bond motifs is 3. The second-order valence-corrected chi connectivity index (χ2v) is 3.82. The Labute approximate surface area is 92.4 Å². The van der Waals surface area contributed by atoms with Gasteiger partial charge in [0.05, 0.1) is 22.4 Å². The molecule has 2 aromatic heterocycles. The van der Waals surface area contributed by atoms with Crippen LogP contribution < -0.4 is 0 Å². The molecule has 0 saturated carbocycles. The van der Waals surface area contributed by atoms with Crippen molar-refractivity contribution in [1.82, 2.24) is 19.9 Å². The summed E-state index contributed by atoms with van der Waals surface area (Å²) in [6.07, 6.45) is 3.52. The lowest BCUT2D eigenvalue weighted by molar-refractivity contribution is 1.16. The first-order chi connectivity index (χ1) is 7.74. The molecule has 0 saturated heterocycles. The van der Waals surface area contributed by atoms with Crippen LogP contribution in [0.15, 0.2) is 24.5 Å². The van der Waals surface area contributed by atoms with Gasteiger partial charge in [0, 0.05) is 12.4 Å². The standard InChI is InChI=1S/C12H10N4/c1-7-5-13-9-3-4-10-12(11(9)15-7)16-8(2)6-14-10/h3-6H,1-2H3. The van der Waals surface area contributed by atoms with Crippen molar-refractivity contribution in [3.05, 3.63) is 35.9 Å². The molecule has 3 rings (SSSR count). The van der Waals surface area contributed by atoms with Crippen LogP contribution in [-0.4, -0.2) is 19.9 Å². The molecule has 0 aliphatic carbocycles. The van der Waals surface area contributed by atoms with Crippen molar-refractivity contribution in [1.29, 1.82) is 0 Å². The maximum absolute atomic E-state index is 4.48. The second-order valence-electron chi connectivity index (χ2n) is 3.82. The van der Waals surface area contributed by atoms with Crippen LogP contribution in [0.1, 0.15) is 11.4 Å². The maximum atomic E-state index is 4.48. The third-order valence-corrected chi connectivity index (χ3v) is 2.47. The van der Waals surface area contributed by atoms with Gasteiger partial charge >= 0.3 is 0 Å². The molecule has 0 aliphatic rings. The zero-order chi connectivity index (χ0) is 11.1. The Kier molecular flexibility index (Phi) is 1.83. The van der Waals surface area contributed by atoms with E-state index < -0.39 is 0 Å². The minimum absolute atomic E-state index is 0.828. The largest absolute Gasteiger partial charge is 0.253 e. The first-order valence-corrected chi connectivity index (χ1v) is 5.10. The van der Waals surface area contributed by atoms with Crippen molar-refractivity contribution < 1.29 is 0 Å². The number of rotatable bonds is 0. The van der Waals surface area contributed by atoms with Gasteiger partial charge in [-0.15, -0.1) is 0 Å². The van der Waals surface area contributed by atoms with Crippen LogP contribution in [0.25, 0.3) is 22.1 Å². The van der Waals surface area contributed by atoms with E-state index in [1.807, 2.05) is 26.0 Å². The molecule has 0 fully saturated rings. The summed E-state index contributed by atoms with van der Waals surface area (Å²) in [5.74, 6) is 0. The van der Waals surface area contributed by atoms with E-state index >= 15 is 0 Å². The lowest BCUT2D eigenvalue weighted by Gasteiger charge is -2.02. The Morgan fingerprint density at radius 1 is 0.750 bits per heavy atom.